The molecule has 0 unspecified atom stereocenters. The minimum absolute atomic E-state index is 0.115. The quantitative estimate of drug-likeness (QED) is 0.408. The molecular formula is C23H20ClN5O2S. The lowest BCUT2D eigenvalue weighted by Gasteiger charge is -2.11. The third kappa shape index (κ3) is 4.87. The first kappa shape index (κ1) is 21.7. The maximum Gasteiger partial charge on any atom is 0.257 e. The van der Waals surface area contributed by atoms with Gasteiger partial charge in [-0.15, -0.1) is 10.2 Å². The topological polar surface area (TPSA) is 81.1 Å². The molecule has 0 aliphatic heterocycles. The number of hydrogen-bond donors (Lipinski definition) is 2. The third-order valence-corrected chi connectivity index (χ3v) is 5.13. The van der Waals surface area contributed by atoms with Gasteiger partial charge in [0.1, 0.15) is 16.8 Å². The number of carbonyl (C=O) groups is 1. The van der Waals surface area contributed by atoms with Crippen LogP contribution in [0.4, 0.5) is 5.69 Å². The van der Waals surface area contributed by atoms with E-state index >= 15 is 0 Å². The molecule has 2 N–H and O–H groups in total. The molecule has 0 spiro atoms. The smallest absolute Gasteiger partial charge is 0.257 e. The van der Waals surface area contributed by atoms with Crippen LogP contribution in [0.15, 0.2) is 60.7 Å². The molecule has 0 atom stereocenters. The molecule has 0 aliphatic carbocycles. The Morgan fingerprint density at radius 2 is 1.81 bits per heavy atom. The molecule has 0 bridgehead atoms. The highest BCUT2D eigenvalue weighted by molar-refractivity contribution is 7.80. The lowest BCUT2D eigenvalue weighted by atomic mass is 10.2. The van der Waals surface area contributed by atoms with Crippen LogP contribution in [0, 0.1) is 6.92 Å². The molecule has 1 aromatic heterocycles. The highest BCUT2D eigenvalue weighted by atomic mass is 35.5. The van der Waals surface area contributed by atoms with Crippen molar-refractivity contribution in [3.05, 3.63) is 76.8 Å². The number of aryl methyl sites for hydroxylation is 1. The van der Waals surface area contributed by atoms with Crippen LogP contribution < -0.4 is 15.4 Å². The number of rotatable bonds is 5. The van der Waals surface area contributed by atoms with E-state index in [1.807, 2.05) is 38.1 Å². The van der Waals surface area contributed by atoms with E-state index in [2.05, 4.69) is 20.8 Å². The van der Waals surface area contributed by atoms with Gasteiger partial charge in [0.25, 0.3) is 5.91 Å². The number of carbonyl (C=O) groups excluding carboxylic acids is 1. The Labute approximate surface area is 195 Å². The van der Waals surface area contributed by atoms with Crippen molar-refractivity contribution in [2.24, 2.45) is 0 Å². The zero-order chi connectivity index (χ0) is 22.7. The number of aromatic nitrogens is 3. The lowest BCUT2D eigenvalue weighted by Crippen LogP contribution is -2.34. The van der Waals surface area contributed by atoms with Gasteiger partial charge in [-0.2, -0.15) is 4.80 Å². The minimum Gasteiger partial charge on any atom is -0.494 e. The van der Waals surface area contributed by atoms with Crippen LogP contribution in [0.2, 0.25) is 5.02 Å². The first-order valence-electron chi connectivity index (χ1n) is 9.92. The van der Waals surface area contributed by atoms with Gasteiger partial charge in [-0.25, -0.2) is 0 Å². The fourth-order valence-electron chi connectivity index (χ4n) is 3.05. The van der Waals surface area contributed by atoms with Crippen LogP contribution in [0.25, 0.3) is 16.7 Å². The summed E-state index contributed by atoms with van der Waals surface area (Å²) >= 11 is 11.7. The normalized spacial score (nSPS) is 10.7. The van der Waals surface area contributed by atoms with Crippen molar-refractivity contribution in [2.45, 2.75) is 13.8 Å². The lowest BCUT2D eigenvalue weighted by molar-refractivity contribution is 0.0977. The second kappa shape index (κ2) is 9.33. The number of amides is 1. The average molecular weight is 466 g/mol. The van der Waals surface area contributed by atoms with Gasteiger partial charge in [0.05, 0.1) is 23.0 Å². The molecule has 0 aliphatic rings. The molecule has 1 amide bonds. The van der Waals surface area contributed by atoms with Crippen LogP contribution in [0.5, 0.6) is 5.75 Å². The summed E-state index contributed by atoms with van der Waals surface area (Å²) in [6, 6.07) is 18.2. The average Bonchev–Trinajstić information content (AvgIpc) is 3.17. The van der Waals surface area contributed by atoms with E-state index in [0.717, 1.165) is 11.3 Å². The molecule has 4 rings (SSSR count). The van der Waals surface area contributed by atoms with Crippen molar-refractivity contribution in [1.29, 1.82) is 0 Å². The van der Waals surface area contributed by atoms with Crippen molar-refractivity contribution in [3.63, 3.8) is 0 Å². The number of nitrogens with zero attached hydrogens (tertiary/aromatic N) is 3. The molecule has 32 heavy (non-hydrogen) atoms. The van der Waals surface area contributed by atoms with Crippen molar-refractivity contribution in [3.8, 4) is 11.4 Å². The van der Waals surface area contributed by atoms with Crippen molar-refractivity contribution in [2.75, 3.05) is 11.9 Å². The molecule has 4 aromatic rings. The summed E-state index contributed by atoms with van der Waals surface area (Å²) in [6.07, 6.45) is 0. The summed E-state index contributed by atoms with van der Waals surface area (Å²) in [6.45, 7) is 4.41. The molecule has 1 heterocycles. The zero-order valence-corrected chi connectivity index (χ0v) is 19.0. The minimum atomic E-state index is -0.355. The number of benzene rings is 3. The molecular weight excluding hydrogens is 446 g/mol. The van der Waals surface area contributed by atoms with E-state index in [0.29, 0.717) is 39.7 Å². The Morgan fingerprint density at radius 3 is 2.53 bits per heavy atom. The van der Waals surface area contributed by atoms with Gasteiger partial charge in [-0.3, -0.25) is 10.1 Å². The predicted octanol–water partition coefficient (Wildman–Crippen LogP) is 4.91. The second-order valence-electron chi connectivity index (χ2n) is 7.01. The van der Waals surface area contributed by atoms with Crippen LogP contribution in [-0.4, -0.2) is 32.6 Å². The zero-order valence-electron chi connectivity index (χ0n) is 17.4. The summed E-state index contributed by atoms with van der Waals surface area (Å²) < 4.78 is 5.43. The van der Waals surface area contributed by atoms with Gasteiger partial charge in [-0.05, 0) is 68.5 Å². The van der Waals surface area contributed by atoms with E-state index in [4.69, 9.17) is 28.6 Å². The van der Waals surface area contributed by atoms with E-state index < -0.39 is 0 Å². The molecule has 0 radical (unpaired) electrons. The molecule has 3 aromatic carbocycles. The molecule has 0 saturated heterocycles. The number of halogens is 1. The number of ether oxygens (including phenoxy) is 1. The number of hydrogen-bond acceptors (Lipinski definition) is 5. The molecule has 162 valence electrons. The number of nitrogens with one attached hydrogen (secondary N) is 2. The Kier molecular flexibility index (Phi) is 6.34. The Morgan fingerprint density at radius 1 is 1.09 bits per heavy atom. The summed E-state index contributed by atoms with van der Waals surface area (Å²) in [5.74, 6) is 0.260. The monoisotopic (exact) mass is 465 g/mol. The largest absolute Gasteiger partial charge is 0.494 e. The van der Waals surface area contributed by atoms with Crippen LogP contribution in [0.1, 0.15) is 22.8 Å². The van der Waals surface area contributed by atoms with Crippen molar-refractivity contribution < 1.29 is 9.53 Å². The third-order valence-electron chi connectivity index (χ3n) is 4.62. The molecule has 0 fully saturated rings. The fraction of sp³-hybridized carbons (Fsp3) is 0.130. The van der Waals surface area contributed by atoms with Crippen LogP contribution >= 0.6 is 23.8 Å². The molecule has 0 saturated carbocycles. The van der Waals surface area contributed by atoms with Crippen LogP contribution in [0.3, 0.4) is 0 Å². The first-order chi connectivity index (χ1) is 15.4. The van der Waals surface area contributed by atoms with Gasteiger partial charge in [0, 0.05) is 5.56 Å². The molecule has 7 nitrogen and oxygen atoms in total. The fourth-order valence-corrected chi connectivity index (χ4v) is 3.46. The Bertz CT molecular complexity index is 1300. The van der Waals surface area contributed by atoms with E-state index in [1.54, 1.807) is 41.2 Å². The maximum absolute atomic E-state index is 12.5. The maximum atomic E-state index is 12.5. The first-order valence-corrected chi connectivity index (χ1v) is 10.7. The van der Waals surface area contributed by atoms with Gasteiger partial charge >= 0.3 is 0 Å². The predicted molar refractivity (Wildman–Crippen MR) is 130 cm³/mol. The highest BCUT2D eigenvalue weighted by Gasteiger charge is 2.13. The second-order valence-corrected chi connectivity index (χ2v) is 7.83. The summed E-state index contributed by atoms with van der Waals surface area (Å²) in [5, 5.41) is 15.1. The SMILES string of the molecule is CCOc1cccc(C(=O)NC(=S)Nc2cc3nn(-c4ccc(C)cc4)nc3cc2Cl)c1. The van der Waals surface area contributed by atoms with Gasteiger partial charge in [0.2, 0.25) is 0 Å². The number of anilines is 1. The molecule has 9 heteroatoms. The Hall–Kier alpha value is -3.49. The standard InChI is InChI=1S/C23H20ClN5O2S/c1-3-31-17-6-4-5-15(11-17)22(30)26-23(32)25-19-13-21-20(12-18(19)24)27-29(28-21)16-9-7-14(2)8-10-16/h4-13H,3H2,1-2H3,(H2,25,26,30,32). The summed E-state index contributed by atoms with van der Waals surface area (Å²) in [7, 11) is 0. The van der Waals surface area contributed by atoms with Crippen molar-refractivity contribution in [1.82, 2.24) is 20.3 Å². The van der Waals surface area contributed by atoms with Crippen molar-refractivity contribution >= 4 is 51.6 Å². The number of fused-ring (bicyclic) bond motifs is 1. The summed E-state index contributed by atoms with van der Waals surface area (Å²) in [5.41, 5.74) is 4.22. The van der Waals surface area contributed by atoms with E-state index in [-0.39, 0.29) is 11.0 Å². The summed E-state index contributed by atoms with van der Waals surface area (Å²) in [4.78, 5) is 14.1. The van der Waals surface area contributed by atoms with Gasteiger partial charge in [0.15, 0.2) is 5.11 Å². The number of thiocarbonyl (C=S) groups is 1. The Balaban J connectivity index is 1.50. The highest BCUT2D eigenvalue weighted by Crippen LogP contribution is 2.27. The van der Waals surface area contributed by atoms with Gasteiger partial charge < -0.3 is 10.1 Å². The van der Waals surface area contributed by atoms with Gasteiger partial charge in [-0.1, -0.05) is 35.4 Å². The van der Waals surface area contributed by atoms with E-state index in [9.17, 15) is 4.79 Å². The van der Waals surface area contributed by atoms with E-state index in [1.165, 1.54) is 0 Å². The van der Waals surface area contributed by atoms with Crippen LogP contribution in [-0.2, 0) is 0 Å².